The van der Waals surface area contributed by atoms with E-state index in [-0.39, 0.29) is 16.7 Å². The summed E-state index contributed by atoms with van der Waals surface area (Å²) in [5.41, 5.74) is 0.520. The van der Waals surface area contributed by atoms with Gasteiger partial charge in [-0.3, -0.25) is 10.1 Å². The maximum atomic E-state index is 11.2. The molecule has 20 heavy (non-hydrogen) atoms. The molecule has 2 aromatic heterocycles. The van der Waals surface area contributed by atoms with Crippen LogP contribution < -0.4 is 5.32 Å². The van der Waals surface area contributed by atoms with Gasteiger partial charge in [-0.25, -0.2) is 4.68 Å². The van der Waals surface area contributed by atoms with E-state index in [2.05, 4.69) is 10.4 Å². The molecule has 2 rings (SSSR count). The maximum absolute atomic E-state index is 11.2. The summed E-state index contributed by atoms with van der Waals surface area (Å²) in [6.07, 6.45) is 0.875. The summed E-state index contributed by atoms with van der Waals surface area (Å²) in [5, 5.41) is 20.7. The van der Waals surface area contributed by atoms with Crippen LogP contribution in [-0.2, 0) is 6.54 Å². The summed E-state index contributed by atoms with van der Waals surface area (Å²) in [7, 11) is 0. The molecule has 0 aliphatic carbocycles. The van der Waals surface area contributed by atoms with E-state index in [4.69, 9.17) is 0 Å². The minimum atomic E-state index is -0.363. The topological polar surface area (TPSA) is 73.0 Å². The SMILES string of the molecule is CCCn1nc(C)c([N+](=O)[O-])c1NC(C)c1cccs1. The van der Waals surface area contributed by atoms with Crippen LogP contribution in [0.15, 0.2) is 17.5 Å². The molecule has 0 saturated heterocycles. The van der Waals surface area contributed by atoms with Crippen LogP contribution in [0.3, 0.4) is 0 Å². The van der Waals surface area contributed by atoms with E-state index >= 15 is 0 Å². The fraction of sp³-hybridized carbons (Fsp3) is 0.462. The number of nitrogens with one attached hydrogen (secondary N) is 1. The Hall–Kier alpha value is -1.89. The van der Waals surface area contributed by atoms with Crippen molar-refractivity contribution in [2.24, 2.45) is 0 Å². The van der Waals surface area contributed by atoms with Crippen molar-refractivity contribution in [1.29, 1.82) is 0 Å². The lowest BCUT2D eigenvalue weighted by Gasteiger charge is -2.14. The van der Waals surface area contributed by atoms with E-state index < -0.39 is 0 Å². The molecule has 2 aromatic rings. The Balaban J connectivity index is 2.35. The van der Waals surface area contributed by atoms with Gasteiger partial charge in [0.05, 0.1) is 11.0 Å². The molecule has 0 saturated carbocycles. The quantitative estimate of drug-likeness (QED) is 0.650. The van der Waals surface area contributed by atoms with Gasteiger partial charge in [0.15, 0.2) is 0 Å². The normalized spacial score (nSPS) is 12.3. The highest BCUT2D eigenvalue weighted by molar-refractivity contribution is 7.10. The van der Waals surface area contributed by atoms with E-state index in [0.29, 0.717) is 18.1 Å². The van der Waals surface area contributed by atoms with Crippen molar-refractivity contribution in [2.75, 3.05) is 5.32 Å². The summed E-state index contributed by atoms with van der Waals surface area (Å²) in [5.74, 6) is 0.496. The summed E-state index contributed by atoms with van der Waals surface area (Å²) in [6.45, 7) is 6.35. The highest BCUT2D eigenvalue weighted by Crippen LogP contribution is 2.32. The number of rotatable bonds is 6. The van der Waals surface area contributed by atoms with Crippen molar-refractivity contribution in [1.82, 2.24) is 9.78 Å². The number of aryl methyl sites for hydroxylation is 2. The number of nitro groups is 1. The summed E-state index contributed by atoms with van der Waals surface area (Å²) in [4.78, 5) is 12.0. The molecule has 1 atom stereocenters. The van der Waals surface area contributed by atoms with Gasteiger partial charge in [0.1, 0.15) is 5.69 Å². The van der Waals surface area contributed by atoms with Crippen LogP contribution in [0.25, 0.3) is 0 Å². The van der Waals surface area contributed by atoms with Gasteiger partial charge in [-0.1, -0.05) is 13.0 Å². The number of anilines is 1. The minimum Gasteiger partial charge on any atom is -0.357 e. The zero-order valence-electron chi connectivity index (χ0n) is 11.8. The molecule has 0 radical (unpaired) electrons. The third-order valence-electron chi connectivity index (χ3n) is 3.04. The molecule has 1 N–H and O–H groups in total. The largest absolute Gasteiger partial charge is 0.357 e. The Labute approximate surface area is 121 Å². The molecule has 6 nitrogen and oxygen atoms in total. The lowest BCUT2D eigenvalue weighted by atomic mass is 10.2. The first-order chi connectivity index (χ1) is 9.54. The first kappa shape index (κ1) is 14.5. The van der Waals surface area contributed by atoms with Crippen LogP contribution in [0.5, 0.6) is 0 Å². The molecule has 0 aliphatic rings. The number of nitrogens with zero attached hydrogens (tertiary/aromatic N) is 3. The first-order valence-electron chi connectivity index (χ1n) is 6.56. The number of thiophene rings is 1. The van der Waals surface area contributed by atoms with Gasteiger partial charge < -0.3 is 5.32 Å². The summed E-state index contributed by atoms with van der Waals surface area (Å²) in [6, 6.07) is 4.00. The molecule has 0 fully saturated rings. The smallest absolute Gasteiger partial charge is 0.333 e. The lowest BCUT2D eigenvalue weighted by molar-refractivity contribution is -0.384. The fourth-order valence-electron chi connectivity index (χ4n) is 2.12. The average Bonchev–Trinajstić information content (AvgIpc) is 2.98. The summed E-state index contributed by atoms with van der Waals surface area (Å²) < 4.78 is 1.69. The minimum absolute atomic E-state index is 0.0143. The van der Waals surface area contributed by atoms with Crippen LogP contribution in [0.1, 0.15) is 36.9 Å². The monoisotopic (exact) mass is 294 g/mol. The molecule has 1 unspecified atom stereocenters. The van der Waals surface area contributed by atoms with Crippen molar-refractivity contribution in [3.8, 4) is 0 Å². The van der Waals surface area contributed by atoms with Gasteiger partial charge in [0.25, 0.3) is 0 Å². The fourth-order valence-corrected chi connectivity index (χ4v) is 2.86. The molecular formula is C13H18N4O2S. The van der Waals surface area contributed by atoms with Crippen molar-refractivity contribution >= 4 is 22.8 Å². The highest BCUT2D eigenvalue weighted by Gasteiger charge is 2.26. The average molecular weight is 294 g/mol. The second kappa shape index (κ2) is 6.04. The van der Waals surface area contributed by atoms with Crippen molar-refractivity contribution < 1.29 is 4.92 Å². The molecule has 108 valence electrons. The van der Waals surface area contributed by atoms with E-state index in [9.17, 15) is 10.1 Å². The second-order valence-electron chi connectivity index (χ2n) is 4.64. The van der Waals surface area contributed by atoms with Crippen LogP contribution in [-0.4, -0.2) is 14.7 Å². The lowest BCUT2D eigenvalue weighted by Crippen LogP contribution is -2.12. The zero-order chi connectivity index (χ0) is 14.7. The molecule has 0 bridgehead atoms. The Morgan fingerprint density at radius 1 is 1.60 bits per heavy atom. The van der Waals surface area contributed by atoms with Gasteiger partial charge >= 0.3 is 5.69 Å². The number of hydrogen-bond acceptors (Lipinski definition) is 5. The second-order valence-corrected chi connectivity index (χ2v) is 5.62. The third-order valence-corrected chi connectivity index (χ3v) is 4.09. The Kier molecular flexibility index (Phi) is 4.39. The van der Waals surface area contributed by atoms with Gasteiger partial charge in [0.2, 0.25) is 5.82 Å². The first-order valence-corrected chi connectivity index (χ1v) is 7.44. The molecule has 0 aliphatic heterocycles. The van der Waals surface area contributed by atoms with Gasteiger partial charge in [-0.05, 0) is 31.7 Å². The predicted octanol–water partition coefficient (Wildman–Crippen LogP) is 3.74. The van der Waals surface area contributed by atoms with Crippen molar-refractivity contribution in [2.45, 2.75) is 39.8 Å². The molecule has 0 spiro atoms. The predicted molar refractivity (Wildman–Crippen MR) is 80.3 cm³/mol. The molecule has 7 heteroatoms. The number of hydrogen-bond donors (Lipinski definition) is 1. The van der Waals surface area contributed by atoms with E-state index in [0.717, 1.165) is 11.3 Å². The van der Waals surface area contributed by atoms with E-state index in [1.807, 2.05) is 31.4 Å². The number of aromatic nitrogens is 2. The van der Waals surface area contributed by atoms with Crippen molar-refractivity contribution in [3.63, 3.8) is 0 Å². The molecule has 2 heterocycles. The van der Waals surface area contributed by atoms with E-state index in [1.165, 1.54) is 0 Å². The Morgan fingerprint density at radius 3 is 2.90 bits per heavy atom. The molecule has 0 amide bonds. The van der Waals surface area contributed by atoms with E-state index in [1.54, 1.807) is 22.9 Å². The van der Waals surface area contributed by atoms with Crippen LogP contribution in [0.2, 0.25) is 0 Å². The highest BCUT2D eigenvalue weighted by atomic mass is 32.1. The van der Waals surface area contributed by atoms with Crippen LogP contribution in [0, 0.1) is 17.0 Å². The standard InChI is InChI=1S/C13H18N4O2S/c1-4-7-16-13(12(17(18)19)10(3)15-16)14-9(2)11-6-5-8-20-11/h5-6,8-9,14H,4,7H2,1-3H3. The zero-order valence-corrected chi connectivity index (χ0v) is 12.6. The van der Waals surface area contributed by atoms with Gasteiger partial charge in [-0.15, -0.1) is 11.3 Å². The Bertz CT molecular complexity index is 592. The van der Waals surface area contributed by atoms with Crippen LogP contribution in [0.4, 0.5) is 11.5 Å². The van der Waals surface area contributed by atoms with Crippen LogP contribution >= 0.6 is 11.3 Å². The summed E-state index contributed by atoms with van der Waals surface area (Å²) >= 11 is 1.63. The Morgan fingerprint density at radius 2 is 2.35 bits per heavy atom. The van der Waals surface area contributed by atoms with Gasteiger partial charge in [-0.2, -0.15) is 5.10 Å². The maximum Gasteiger partial charge on any atom is 0.333 e. The van der Waals surface area contributed by atoms with Gasteiger partial charge in [0, 0.05) is 11.4 Å². The molecule has 0 aromatic carbocycles. The molecular weight excluding hydrogens is 276 g/mol. The third kappa shape index (κ3) is 2.82. The van der Waals surface area contributed by atoms with Crippen molar-refractivity contribution in [3.05, 3.63) is 38.2 Å².